The molecule has 0 aliphatic heterocycles. The zero-order valence-electron chi connectivity index (χ0n) is 20.3. The molecule has 0 atom stereocenters. The quantitative estimate of drug-likeness (QED) is 0.397. The minimum atomic E-state index is -0.134. The van der Waals surface area contributed by atoms with Gasteiger partial charge in [-0.05, 0) is 80.2 Å². The fourth-order valence-corrected chi connectivity index (χ4v) is 4.80. The van der Waals surface area contributed by atoms with Crippen molar-refractivity contribution in [2.45, 2.75) is 31.3 Å². The van der Waals surface area contributed by atoms with Crippen LogP contribution in [0.4, 0.5) is 0 Å². The van der Waals surface area contributed by atoms with E-state index < -0.39 is 0 Å². The number of nitrogens with zero attached hydrogens (tertiary/aromatic N) is 3. The molecule has 0 amide bonds. The van der Waals surface area contributed by atoms with Crippen molar-refractivity contribution in [3.63, 3.8) is 0 Å². The number of rotatable bonds is 8. The Morgan fingerprint density at radius 2 is 1.91 bits per heavy atom. The lowest BCUT2D eigenvalue weighted by Gasteiger charge is -2.35. The Hall–Kier alpha value is -3.16. The molecule has 178 valence electrons. The van der Waals surface area contributed by atoms with Gasteiger partial charge in [0.2, 0.25) is 0 Å². The Morgan fingerprint density at radius 1 is 1.15 bits per heavy atom. The molecule has 5 rings (SSSR count). The SMILES string of the molecule is COC1CC(c2cc(-c3ccc4ncc5c([nH]c(=O)n5C)c4c3)ccc2OCCCN(C)C)C1. The number of hydrogen-bond donors (Lipinski definition) is 1. The maximum atomic E-state index is 12.2. The van der Waals surface area contributed by atoms with E-state index in [9.17, 15) is 4.79 Å². The molecule has 0 saturated heterocycles. The van der Waals surface area contributed by atoms with Crippen LogP contribution in [-0.4, -0.2) is 59.9 Å². The van der Waals surface area contributed by atoms with Gasteiger partial charge in [0.1, 0.15) is 5.75 Å². The Labute approximate surface area is 199 Å². The Balaban J connectivity index is 1.50. The zero-order chi connectivity index (χ0) is 23.8. The lowest BCUT2D eigenvalue weighted by Crippen LogP contribution is -2.29. The van der Waals surface area contributed by atoms with Gasteiger partial charge in [-0.2, -0.15) is 0 Å². The third kappa shape index (κ3) is 4.21. The van der Waals surface area contributed by atoms with Crippen LogP contribution in [0.15, 0.2) is 47.4 Å². The molecule has 7 heteroatoms. The highest BCUT2D eigenvalue weighted by Crippen LogP contribution is 2.44. The molecular weight excluding hydrogens is 428 g/mol. The third-order valence-corrected chi connectivity index (χ3v) is 6.96. The highest BCUT2D eigenvalue weighted by Gasteiger charge is 2.32. The standard InChI is InChI=1S/C27H32N4O3/c1-30(2)10-5-11-34-25-9-7-18(14-21(25)19-12-20(13-19)33-4)17-6-8-23-22(15-17)26-24(16-28-23)31(3)27(32)29-26/h6-9,14-16,19-20H,5,10-13H2,1-4H3,(H,29,32). The van der Waals surface area contributed by atoms with Gasteiger partial charge in [0.15, 0.2) is 0 Å². The van der Waals surface area contributed by atoms with Crippen LogP contribution in [0.1, 0.15) is 30.7 Å². The monoisotopic (exact) mass is 460 g/mol. The first-order valence-electron chi connectivity index (χ1n) is 11.9. The summed E-state index contributed by atoms with van der Waals surface area (Å²) >= 11 is 0. The Bertz CT molecular complexity index is 1380. The van der Waals surface area contributed by atoms with Crippen molar-refractivity contribution in [1.82, 2.24) is 19.4 Å². The second kappa shape index (κ2) is 9.24. The molecule has 0 radical (unpaired) electrons. The van der Waals surface area contributed by atoms with Crippen LogP contribution in [-0.2, 0) is 11.8 Å². The van der Waals surface area contributed by atoms with E-state index in [0.29, 0.717) is 18.6 Å². The van der Waals surface area contributed by atoms with Crippen LogP contribution in [0.2, 0.25) is 0 Å². The molecule has 1 aliphatic rings. The number of fused-ring (bicyclic) bond motifs is 3. The van der Waals surface area contributed by atoms with E-state index in [2.05, 4.69) is 59.3 Å². The van der Waals surface area contributed by atoms with E-state index in [1.54, 1.807) is 24.9 Å². The van der Waals surface area contributed by atoms with Crippen molar-refractivity contribution in [1.29, 1.82) is 0 Å². The number of methoxy groups -OCH3 is 1. The summed E-state index contributed by atoms with van der Waals surface area (Å²) < 4.78 is 13.4. The summed E-state index contributed by atoms with van der Waals surface area (Å²) in [5, 5.41) is 0.946. The summed E-state index contributed by atoms with van der Waals surface area (Å²) in [6.45, 7) is 1.70. The minimum Gasteiger partial charge on any atom is -0.493 e. The number of pyridine rings is 1. The maximum absolute atomic E-state index is 12.2. The van der Waals surface area contributed by atoms with E-state index >= 15 is 0 Å². The minimum absolute atomic E-state index is 0.134. The number of nitrogens with one attached hydrogen (secondary N) is 1. The largest absolute Gasteiger partial charge is 0.493 e. The first-order chi connectivity index (χ1) is 16.4. The van der Waals surface area contributed by atoms with Gasteiger partial charge in [0, 0.05) is 26.1 Å². The number of aromatic amines is 1. The molecule has 0 bridgehead atoms. The van der Waals surface area contributed by atoms with Crippen LogP contribution in [0.5, 0.6) is 5.75 Å². The van der Waals surface area contributed by atoms with Crippen molar-refractivity contribution in [3.05, 3.63) is 58.6 Å². The second-order valence-electron chi connectivity index (χ2n) is 9.52. The maximum Gasteiger partial charge on any atom is 0.326 e. The predicted octanol–water partition coefficient (Wildman–Crippen LogP) is 4.30. The molecule has 34 heavy (non-hydrogen) atoms. The summed E-state index contributed by atoms with van der Waals surface area (Å²) in [5.74, 6) is 1.41. The smallest absolute Gasteiger partial charge is 0.326 e. The van der Waals surface area contributed by atoms with Gasteiger partial charge >= 0.3 is 5.69 Å². The average molecular weight is 461 g/mol. The number of ether oxygens (including phenoxy) is 2. The van der Waals surface area contributed by atoms with Crippen molar-refractivity contribution in [2.24, 2.45) is 7.05 Å². The van der Waals surface area contributed by atoms with Crippen LogP contribution >= 0.6 is 0 Å². The summed E-state index contributed by atoms with van der Waals surface area (Å²) in [5.41, 5.74) is 5.83. The molecule has 1 fully saturated rings. The number of benzene rings is 2. The lowest BCUT2D eigenvalue weighted by molar-refractivity contribution is 0.0251. The summed E-state index contributed by atoms with van der Waals surface area (Å²) in [4.78, 5) is 21.9. The van der Waals surface area contributed by atoms with Gasteiger partial charge in [-0.15, -0.1) is 0 Å². The van der Waals surface area contributed by atoms with Crippen molar-refractivity contribution < 1.29 is 9.47 Å². The first kappa shape index (κ1) is 22.6. The molecule has 2 aromatic heterocycles. The van der Waals surface area contributed by atoms with Gasteiger partial charge in [0.05, 0.1) is 35.5 Å². The van der Waals surface area contributed by atoms with Gasteiger partial charge < -0.3 is 19.4 Å². The number of aromatic nitrogens is 3. The third-order valence-electron chi connectivity index (χ3n) is 6.96. The van der Waals surface area contributed by atoms with Crippen LogP contribution < -0.4 is 10.4 Å². The Kier molecular flexibility index (Phi) is 6.15. The number of hydrogen-bond acceptors (Lipinski definition) is 5. The van der Waals surface area contributed by atoms with Crippen molar-refractivity contribution in [3.8, 4) is 16.9 Å². The van der Waals surface area contributed by atoms with E-state index in [0.717, 1.165) is 64.6 Å². The summed E-state index contributed by atoms with van der Waals surface area (Å²) in [6, 6.07) is 12.7. The molecule has 7 nitrogen and oxygen atoms in total. The van der Waals surface area contributed by atoms with E-state index in [-0.39, 0.29) is 5.69 Å². The molecule has 1 aliphatic carbocycles. The Morgan fingerprint density at radius 3 is 2.68 bits per heavy atom. The fourth-order valence-electron chi connectivity index (χ4n) is 4.80. The highest BCUT2D eigenvalue weighted by molar-refractivity contribution is 6.03. The average Bonchev–Trinajstić information content (AvgIpc) is 3.10. The van der Waals surface area contributed by atoms with Crippen molar-refractivity contribution in [2.75, 3.05) is 34.4 Å². The molecule has 2 aromatic carbocycles. The number of imidazole rings is 1. The fraction of sp³-hybridized carbons (Fsp3) is 0.407. The normalized spacial score (nSPS) is 18.0. The van der Waals surface area contributed by atoms with E-state index in [1.165, 1.54) is 5.56 Å². The molecule has 0 spiro atoms. The van der Waals surface area contributed by atoms with Gasteiger partial charge in [-0.25, -0.2) is 4.79 Å². The van der Waals surface area contributed by atoms with E-state index in [4.69, 9.17) is 9.47 Å². The van der Waals surface area contributed by atoms with Gasteiger partial charge in [-0.1, -0.05) is 12.1 Å². The first-order valence-corrected chi connectivity index (χ1v) is 11.9. The second-order valence-corrected chi connectivity index (χ2v) is 9.52. The lowest BCUT2D eigenvalue weighted by atomic mass is 9.76. The molecule has 2 heterocycles. The molecule has 1 saturated carbocycles. The summed E-state index contributed by atoms with van der Waals surface area (Å²) in [7, 11) is 7.70. The van der Waals surface area contributed by atoms with Crippen LogP contribution in [0.25, 0.3) is 33.1 Å². The zero-order valence-corrected chi connectivity index (χ0v) is 20.3. The van der Waals surface area contributed by atoms with Crippen LogP contribution in [0.3, 0.4) is 0 Å². The van der Waals surface area contributed by atoms with Crippen molar-refractivity contribution >= 4 is 21.9 Å². The summed E-state index contributed by atoms with van der Waals surface area (Å²) in [6.07, 6.45) is 5.09. The van der Waals surface area contributed by atoms with Gasteiger partial charge in [-0.3, -0.25) is 9.55 Å². The molecular formula is C27H32N4O3. The van der Waals surface area contributed by atoms with Crippen LogP contribution in [0, 0.1) is 0 Å². The highest BCUT2D eigenvalue weighted by atomic mass is 16.5. The van der Waals surface area contributed by atoms with E-state index in [1.807, 2.05) is 6.07 Å². The topological polar surface area (TPSA) is 72.4 Å². The molecule has 4 aromatic rings. The number of H-pyrrole nitrogens is 1. The number of aryl methyl sites for hydroxylation is 1. The molecule has 1 N–H and O–H groups in total. The predicted molar refractivity (Wildman–Crippen MR) is 136 cm³/mol. The van der Waals surface area contributed by atoms with Gasteiger partial charge in [0.25, 0.3) is 0 Å². The molecule has 0 unspecified atom stereocenters.